The molecule has 1 aromatic carbocycles. The van der Waals surface area contributed by atoms with Gasteiger partial charge in [0.15, 0.2) is 10.4 Å². The fourth-order valence-electron chi connectivity index (χ4n) is 2.85. The van der Waals surface area contributed by atoms with Gasteiger partial charge < -0.3 is 14.6 Å². The highest BCUT2D eigenvalue weighted by atomic mass is 79.9. The van der Waals surface area contributed by atoms with E-state index in [0.29, 0.717) is 16.9 Å². The van der Waals surface area contributed by atoms with Gasteiger partial charge in [0.1, 0.15) is 0 Å². The van der Waals surface area contributed by atoms with E-state index in [1.807, 2.05) is 29.6 Å². The van der Waals surface area contributed by atoms with Crippen molar-refractivity contribution < 1.29 is 14.0 Å². The van der Waals surface area contributed by atoms with Gasteiger partial charge >= 0.3 is 0 Å². The second kappa shape index (κ2) is 6.50. The summed E-state index contributed by atoms with van der Waals surface area (Å²) in [5.74, 6) is -0.0528. The number of nitrogens with zero attached hydrogens (tertiary/aromatic N) is 1. The number of nitrogens with one attached hydrogen (secondary N) is 1. The van der Waals surface area contributed by atoms with Gasteiger partial charge in [-0.3, -0.25) is 9.59 Å². The summed E-state index contributed by atoms with van der Waals surface area (Å²) in [6.07, 6.45) is 0.766. The first-order valence-corrected chi connectivity index (χ1v) is 9.34. The molecule has 0 fully saturated rings. The second-order valence-corrected chi connectivity index (χ2v) is 7.31. The van der Waals surface area contributed by atoms with Crippen LogP contribution in [0.5, 0.6) is 0 Å². The van der Waals surface area contributed by atoms with E-state index in [-0.39, 0.29) is 17.6 Å². The van der Waals surface area contributed by atoms with Gasteiger partial charge in [-0.25, -0.2) is 0 Å². The Morgan fingerprint density at radius 3 is 2.80 bits per heavy atom. The molecular formula is C18H13BrN2O3S. The fourth-order valence-corrected chi connectivity index (χ4v) is 3.83. The van der Waals surface area contributed by atoms with E-state index in [4.69, 9.17) is 4.42 Å². The Hall–Kier alpha value is -2.38. The van der Waals surface area contributed by atoms with Crippen molar-refractivity contribution in [3.63, 3.8) is 0 Å². The molecule has 4 rings (SSSR count). The normalized spacial score (nSPS) is 12.9. The van der Waals surface area contributed by atoms with Crippen LogP contribution in [-0.4, -0.2) is 18.4 Å². The molecule has 1 aliphatic heterocycles. The summed E-state index contributed by atoms with van der Waals surface area (Å²) in [6.45, 7) is 0.647. The Morgan fingerprint density at radius 2 is 2.08 bits per heavy atom. The minimum atomic E-state index is -0.310. The van der Waals surface area contributed by atoms with Gasteiger partial charge in [0.25, 0.3) is 11.8 Å². The first-order chi connectivity index (χ1) is 12.1. The van der Waals surface area contributed by atoms with E-state index in [1.165, 1.54) is 11.3 Å². The third kappa shape index (κ3) is 3.12. The zero-order valence-corrected chi connectivity index (χ0v) is 15.4. The lowest BCUT2D eigenvalue weighted by atomic mass is 10.1. The van der Waals surface area contributed by atoms with Crippen LogP contribution in [0.25, 0.3) is 0 Å². The molecule has 0 spiro atoms. The highest BCUT2D eigenvalue weighted by Gasteiger charge is 2.26. The Bertz CT molecular complexity index is 949. The van der Waals surface area contributed by atoms with E-state index in [1.54, 1.807) is 23.1 Å². The average molecular weight is 417 g/mol. The Morgan fingerprint density at radius 1 is 1.20 bits per heavy atom. The van der Waals surface area contributed by atoms with E-state index in [9.17, 15) is 9.59 Å². The number of hydrogen-bond acceptors (Lipinski definition) is 4. The first kappa shape index (κ1) is 16.1. The summed E-state index contributed by atoms with van der Waals surface area (Å²) in [4.78, 5) is 27.3. The summed E-state index contributed by atoms with van der Waals surface area (Å²) in [6, 6.07) is 12.6. The molecule has 3 heterocycles. The zero-order chi connectivity index (χ0) is 17.4. The van der Waals surface area contributed by atoms with Crippen LogP contribution in [0.15, 0.2) is 56.9 Å². The number of furan rings is 1. The predicted octanol–water partition coefficient (Wildman–Crippen LogP) is 4.56. The van der Waals surface area contributed by atoms with Crippen LogP contribution in [-0.2, 0) is 6.42 Å². The molecule has 0 bridgehead atoms. The van der Waals surface area contributed by atoms with Gasteiger partial charge in [-0.15, -0.1) is 11.3 Å². The Kier molecular flexibility index (Phi) is 4.19. The largest absolute Gasteiger partial charge is 0.444 e. The van der Waals surface area contributed by atoms with Crippen molar-refractivity contribution in [3.05, 3.63) is 68.7 Å². The van der Waals surface area contributed by atoms with E-state index < -0.39 is 0 Å². The summed E-state index contributed by atoms with van der Waals surface area (Å²) < 4.78 is 5.76. The van der Waals surface area contributed by atoms with Crippen LogP contribution in [0.4, 0.5) is 11.4 Å². The van der Waals surface area contributed by atoms with Gasteiger partial charge in [-0.2, -0.15) is 0 Å². The second-order valence-electron chi connectivity index (χ2n) is 5.59. The van der Waals surface area contributed by atoms with Crippen molar-refractivity contribution in [2.45, 2.75) is 6.42 Å². The maximum atomic E-state index is 12.6. The number of carbonyl (C=O) groups excluding carboxylic acids is 2. The molecule has 0 saturated carbocycles. The number of halogens is 1. The van der Waals surface area contributed by atoms with Crippen molar-refractivity contribution in [2.75, 3.05) is 16.8 Å². The third-order valence-corrected chi connectivity index (χ3v) is 5.29. The minimum Gasteiger partial charge on any atom is -0.444 e. The summed E-state index contributed by atoms with van der Waals surface area (Å²) >= 11 is 4.62. The van der Waals surface area contributed by atoms with Crippen molar-refractivity contribution in [3.8, 4) is 0 Å². The van der Waals surface area contributed by atoms with Crippen LogP contribution in [0.2, 0.25) is 0 Å². The number of carbonyl (C=O) groups is 2. The maximum absolute atomic E-state index is 12.6. The van der Waals surface area contributed by atoms with E-state index in [0.717, 1.165) is 22.5 Å². The van der Waals surface area contributed by atoms with E-state index in [2.05, 4.69) is 21.2 Å². The van der Waals surface area contributed by atoms with Crippen molar-refractivity contribution in [1.82, 2.24) is 0 Å². The predicted molar refractivity (Wildman–Crippen MR) is 101 cm³/mol. The third-order valence-electron chi connectivity index (χ3n) is 4.01. The number of anilines is 2. The molecule has 0 unspecified atom stereocenters. The molecule has 0 atom stereocenters. The maximum Gasteiger partial charge on any atom is 0.291 e. The zero-order valence-electron chi connectivity index (χ0n) is 13.0. The molecule has 0 aliphatic carbocycles. The number of hydrogen-bond donors (Lipinski definition) is 1. The molecule has 1 N–H and O–H groups in total. The van der Waals surface area contributed by atoms with Crippen molar-refractivity contribution >= 4 is 50.5 Å². The van der Waals surface area contributed by atoms with E-state index >= 15 is 0 Å². The molecule has 2 amide bonds. The summed E-state index contributed by atoms with van der Waals surface area (Å²) in [5.41, 5.74) is 2.63. The monoisotopic (exact) mass is 416 g/mol. The number of rotatable bonds is 3. The molecule has 2 aromatic heterocycles. The van der Waals surface area contributed by atoms with Crippen LogP contribution in [0, 0.1) is 0 Å². The van der Waals surface area contributed by atoms with Gasteiger partial charge in [-0.05, 0) is 69.7 Å². The van der Waals surface area contributed by atoms with Crippen LogP contribution >= 0.6 is 27.3 Å². The van der Waals surface area contributed by atoms with Crippen LogP contribution < -0.4 is 10.2 Å². The fraction of sp³-hybridized carbons (Fsp3) is 0.111. The molecule has 5 nitrogen and oxygen atoms in total. The highest BCUT2D eigenvalue weighted by Crippen LogP contribution is 2.32. The average Bonchev–Trinajstić information content (AvgIpc) is 3.34. The Labute approximate surface area is 156 Å². The Balaban J connectivity index is 1.53. The molecule has 0 radical (unpaired) electrons. The summed E-state index contributed by atoms with van der Waals surface area (Å²) in [5, 5.41) is 4.72. The molecular weight excluding hydrogens is 404 g/mol. The smallest absolute Gasteiger partial charge is 0.291 e. The molecule has 25 heavy (non-hydrogen) atoms. The molecule has 126 valence electrons. The first-order valence-electron chi connectivity index (χ1n) is 7.67. The van der Waals surface area contributed by atoms with Crippen molar-refractivity contribution in [1.29, 1.82) is 0 Å². The van der Waals surface area contributed by atoms with Crippen molar-refractivity contribution in [2.24, 2.45) is 0 Å². The van der Waals surface area contributed by atoms with Gasteiger partial charge in [-0.1, -0.05) is 6.07 Å². The molecule has 0 saturated heterocycles. The number of fused-ring (bicyclic) bond motifs is 1. The summed E-state index contributed by atoms with van der Waals surface area (Å²) in [7, 11) is 0. The van der Waals surface area contributed by atoms with Gasteiger partial charge in [0.05, 0.1) is 4.88 Å². The molecule has 7 heteroatoms. The number of thiophene rings is 1. The lowest BCUT2D eigenvalue weighted by molar-refractivity contribution is 0.0986. The van der Waals surface area contributed by atoms with Gasteiger partial charge in [0.2, 0.25) is 0 Å². The number of amides is 2. The standard InChI is InChI=1S/C18H13BrN2O3S/c19-16-6-5-14(24-16)17(22)20-12-3-4-13-11(10-12)7-8-21(13)18(23)15-2-1-9-25-15/h1-6,9-10H,7-8H2,(H,20,22). The quantitative estimate of drug-likeness (QED) is 0.680. The van der Waals surface area contributed by atoms with Crippen LogP contribution in [0.3, 0.4) is 0 Å². The minimum absolute atomic E-state index is 0.0194. The SMILES string of the molecule is O=C(Nc1ccc2c(c1)CCN2C(=O)c1cccs1)c1ccc(Br)o1. The highest BCUT2D eigenvalue weighted by molar-refractivity contribution is 9.10. The van der Waals surface area contributed by atoms with Crippen LogP contribution in [0.1, 0.15) is 25.8 Å². The topological polar surface area (TPSA) is 62.6 Å². The molecule has 1 aliphatic rings. The lowest BCUT2D eigenvalue weighted by Gasteiger charge is -2.16. The lowest BCUT2D eigenvalue weighted by Crippen LogP contribution is -2.28. The van der Waals surface area contributed by atoms with Gasteiger partial charge in [0, 0.05) is 17.9 Å². The number of benzene rings is 1. The molecule has 3 aromatic rings.